The van der Waals surface area contributed by atoms with Crippen LogP contribution in [0.15, 0.2) is 24.8 Å². The Kier molecular flexibility index (Phi) is 4.06. The Morgan fingerprint density at radius 2 is 2.18 bits per heavy atom. The van der Waals surface area contributed by atoms with E-state index in [0.717, 1.165) is 0 Å². The molecule has 0 radical (unpaired) electrons. The van der Waals surface area contributed by atoms with Crippen molar-refractivity contribution >= 4 is 5.69 Å². The SMILES string of the molecule is C=CCC[C@H](N)c1cc(O)c(O)c([N+](=O)[O-])c1. The number of nitrogens with zero attached hydrogens (tertiary/aromatic N) is 1. The van der Waals surface area contributed by atoms with Crippen LogP contribution in [-0.2, 0) is 0 Å². The lowest BCUT2D eigenvalue weighted by atomic mass is 10.0. The molecule has 1 rings (SSSR count). The van der Waals surface area contributed by atoms with Crippen molar-refractivity contribution in [1.29, 1.82) is 0 Å². The first-order chi connectivity index (χ1) is 7.97. The summed E-state index contributed by atoms with van der Waals surface area (Å²) in [6, 6.07) is 1.96. The van der Waals surface area contributed by atoms with Gasteiger partial charge in [0.2, 0.25) is 5.75 Å². The first-order valence-corrected chi connectivity index (χ1v) is 5.04. The van der Waals surface area contributed by atoms with Crippen molar-refractivity contribution in [2.45, 2.75) is 18.9 Å². The Hall–Kier alpha value is -2.08. The lowest BCUT2D eigenvalue weighted by Crippen LogP contribution is -2.10. The topological polar surface area (TPSA) is 110 Å². The van der Waals surface area contributed by atoms with E-state index in [0.29, 0.717) is 18.4 Å². The molecule has 6 nitrogen and oxygen atoms in total. The van der Waals surface area contributed by atoms with Crippen molar-refractivity contribution < 1.29 is 15.1 Å². The summed E-state index contributed by atoms with van der Waals surface area (Å²) in [6.45, 7) is 3.55. The Labute approximate surface area is 98.1 Å². The molecular formula is C11H14N2O4. The Morgan fingerprint density at radius 3 is 2.71 bits per heavy atom. The van der Waals surface area contributed by atoms with Gasteiger partial charge in [0.15, 0.2) is 5.75 Å². The maximum atomic E-state index is 10.6. The summed E-state index contributed by atoms with van der Waals surface area (Å²) in [4.78, 5) is 9.88. The zero-order valence-corrected chi connectivity index (χ0v) is 9.17. The molecule has 0 bridgehead atoms. The van der Waals surface area contributed by atoms with E-state index in [2.05, 4.69) is 6.58 Å². The summed E-state index contributed by atoms with van der Waals surface area (Å²) in [5, 5.41) is 29.3. The van der Waals surface area contributed by atoms with Gasteiger partial charge >= 0.3 is 5.69 Å². The van der Waals surface area contributed by atoms with Crippen LogP contribution < -0.4 is 5.73 Å². The molecule has 0 aliphatic carbocycles. The molecule has 0 saturated heterocycles. The molecule has 0 unspecified atom stereocenters. The maximum absolute atomic E-state index is 10.6. The molecule has 1 aromatic carbocycles. The summed E-state index contributed by atoms with van der Waals surface area (Å²) < 4.78 is 0. The largest absolute Gasteiger partial charge is 0.504 e. The summed E-state index contributed by atoms with van der Waals surface area (Å²) >= 11 is 0. The third-order valence-electron chi connectivity index (χ3n) is 2.40. The van der Waals surface area contributed by atoms with Gasteiger partial charge in [0.1, 0.15) is 0 Å². The highest BCUT2D eigenvalue weighted by atomic mass is 16.6. The Morgan fingerprint density at radius 1 is 1.53 bits per heavy atom. The third-order valence-corrected chi connectivity index (χ3v) is 2.40. The number of rotatable bonds is 5. The zero-order chi connectivity index (χ0) is 13.0. The molecule has 4 N–H and O–H groups in total. The molecule has 0 amide bonds. The summed E-state index contributed by atoms with van der Waals surface area (Å²) in [6.07, 6.45) is 2.91. The number of allylic oxidation sites excluding steroid dienone is 1. The van der Waals surface area contributed by atoms with E-state index < -0.39 is 28.2 Å². The molecule has 0 aromatic heterocycles. The second-order valence-corrected chi connectivity index (χ2v) is 3.64. The highest BCUT2D eigenvalue weighted by molar-refractivity contribution is 5.56. The predicted octanol–water partition coefficient (Wildman–Crippen LogP) is 1.97. The molecule has 0 aliphatic heterocycles. The van der Waals surface area contributed by atoms with Gasteiger partial charge in [-0.1, -0.05) is 6.08 Å². The van der Waals surface area contributed by atoms with Gasteiger partial charge in [-0.05, 0) is 24.5 Å². The molecule has 6 heteroatoms. The number of aromatic hydroxyl groups is 2. The van der Waals surface area contributed by atoms with E-state index in [9.17, 15) is 20.3 Å². The van der Waals surface area contributed by atoms with E-state index in [1.54, 1.807) is 6.08 Å². The first-order valence-electron chi connectivity index (χ1n) is 5.04. The number of nitrogens with two attached hydrogens (primary N) is 1. The average molecular weight is 238 g/mol. The van der Waals surface area contributed by atoms with Crippen molar-refractivity contribution in [3.63, 3.8) is 0 Å². The highest BCUT2D eigenvalue weighted by Gasteiger charge is 2.20. The van der Waals surface area contributed by atoms with Gasteiger partial charge in [-0.3, -0.25) is 10.1 Å². The number of hydrogen-bond donors (Lipinski definition) is 3. The lowest BCUT2D eigenvalue weighted by Gasteiger charge is -2.11. The van der Waals surface area contributed by atoms with Crippen LogP contribution in [0, 0.1) is 10.1 Å². The standard InChI is InChI=1S/C11H14N2O4/c1-2-3-4-8(12)7-5-9(13(16)17)11(15)10(14)6-7/h2,5-6,8,14-15H,1,3-4,12H2/t8-/m0/s1. The van der Waals surface area contributed by atoms with Gasteiger partial charge < -0.3 is 15.9 Å². The number of phenolic OH excluding ortho intramolecular Hbond substituents is 2. The molecule has 1 atom stereocenters. The van der Waals surface area contributed by atoms with Crippen molar-refractivity contribution in [2.75, 3.05) is 0 Å². The van der Waals surface area contributed by atoms with Gasteiger partial charge in [-0.2, -0.15) is 0 Å². The van der Waals surface area contributed by atoms with E-state index in [1.807, 2.05) is 0 Å². The van der Waals surface area contributed by atoms with E-state index >= 15 is 0 Å². The van der Waals surface area contributed by atoms with Crippen molar-refractivity contribution in [3.8, 4) is 11.5 Å². The summed E-state index contributed by atoms with van der Waals surface area (Å²) in [5.74, 6) is -1.28. The molecule has 1 aromatic rings. The smallest absolute Gasteiger partial charge is 0.314 e. The lowest BCUT2D eigenvalue weighted by molar-refractivity contribution is -0.386. The number of benzene rings is 1. The van der Waals surface area contributed by atoms with Crippen LogP contribution in [0.25, 0.3) is 0 Å². The average Bonchev–Trinajstić information content (AvgIpc) is 2.28. The predicted molar refractivity (Wildman–Crippen MR) is 62.8 cm³/mol. The van der Waals surface area contributed by atoms with E-state index in [-0.39, 0.29) is 0 Å². The van der Waals surface area contributed by atoms with Crippen molar-refractivity contribution in [2.24, 2.45) is 5.73 Å². The number of nitro groups is 1. The minimum atomic E-state index is -0.765. The number of phenols is 2. The number of nitro benzene ring substituents is 1. The van der Waals surface area contributed by atoms with Gasteiger partial charge in [-0.25, -0.2) is 0 Å². The van der Waals surface area contributed by atoms with Crippen LogP contribution in [-0.4, -0.2) is 15.1 Å². The van der Waals surface area contributed by atoms with Crippen LogP contribution in [0.1, 0.15) is 24.4 Å². The highest BCUT2D eigenvalue weighted by Crippen LogP contribution is 2.37. The van der Waals surface area contributed by atoms with Gasteiger partial charge in [-0.15, -0.1) is 6.58 Å². The molecule has 0 aliphatic rings. The molecule has 0 heterocycles. The molecule has 0 saturated carbocycles. The van der Waals surface area contributed by atoms with E-state index in [1.165, 1.54) is 12.1 Å². The fraction of sp³-hybridized carbons (Fsp3) is 0.273. The molecule has 92 valence electrons. The maximum Gasteiger partial charge on any atom is 0.314 e. The fourth-order valence-corrected chi connectivity index (χ4v) is 1.44. The van der Waals surface area contributed by atoms with Crippen LogP contribution in [0.3, 0.4) is 0 Å². The molecule has 17 heavy (non-hydrogen) atoms. The van der Waals surface area contributed by atoms with Gasteiger partial charge in [0.25, 0.3) is 0 Å². The second kappa shape index (κ2) is 5.31. The molecular weight excluding hydrogens is 224 g/mol. The summed E-state index contributed by atoms with van der Waals surface area (Å²) in [7, 11) is 0. The van der Waals surface area contributed by atoms with Crippen molar-refractivity contribution in [1.82, 2.24) is 0 Å². The van der Waals surface area contributed by atoms with Crippen LogP contribution in [0.4, 0.5) is 5.69 Å². The quantitative estimate of drug-likeness (QED) is 0.314. The van der Waals surface area contributed by atoms with Crippen LogP contribution in [0.5, 0.6) is 11.5 Å². The minimum absolute atomic E-state index is 0.411. The molecule has 0 fully saturated rings. The summed E-state index contributed by atoms with van der Waals surface area (Å²) in [5.41, 5.74) is 5.67. The van der Waals surface area contributed by atoms with Gasteiger partial charge in [0.05, 0.1) is 4.92 Å². The van der Waals surface area contributed by atoms with Crippen LogP contribution >= 0.6 is 0 Å². The minimum Gasteiger partial charge on any atom is -0.504 e. The van der Waals surface area contributed by atoms with Gasteiger partial charge in [0, 0.05) is 12.1 Å². The number of hydrogen-bond acceptors (Lipinski definition) is 5. The third kappa shape index (κ3) is 2.94. The van der Waals surface area contributed by atoms with E-state index in [4.69, 9.17) is 5.73 Å². The monoisotopic (exact) mass is 238 g/mol. The normalized spacial score (nSPS) is 12.1. The van der Waals surface area contributed by atoms with Crippen molar-refractivity contribution in [3.05, 3.63) is 40.5 Å². The Balaban J connectivity index is 3.09. The fourth-order valence-electron chi connectivity index (χ4n) is 1.44. The molecule has 0 spiro atoms. The zero-order valence-electron chi connectivity index (χ0n) is 9.17. The van der Waals surface area contributed by atoms with Crippen LogP contribution in [0.2, 0.25) is 0 Å². The Bertz CT molecular complexity index is 445. The first kappa shape index (κ1) is 13.0. The second-order valence-electron chi connectivity index (χ2n) is 3.64.